The highest BCUT2D eigenvalue weighted by atomic mass is 14.2. The summed E-state index contributed by atoms with van der Waals surface area (Å²) in [5.74, 6) is 0. The Morgan fingerprint density at radius 1 is 1.07 bits per heavy atom. The fourth-order valence-corrected chi connectivity index (χ4v) is 1.84. The van der Waals surface area contributed by atoms with Crippen molar-refractivity contribution >= 4 is 0 Å². The molecular formula is C14H22. The molecule has 1 aromatic rings. The van der Waals surface area contributed by atoms with Gasteiger partial charge in [0.15, 0.2) is 0 Å². The van der Waals surface area contributed by atoms with Gasteiger partial charge in [0.05, 0.1) is 0 Å². The van der Waals surface area contributed by atoms with Crippen LogP contribution in [0.5, 0.6) is 0 Å². The Hall–Kier alpha value is -0.780. The van der Waals surface area contributed by atoms with Crippen LogP contribution in [0, 0.1) is 12.3 Å². The van der Waals surface area contributed by atoms with Crippen LogP contribution in [0.1, 0.15) is 44.4 Å². The maximum atomic E-state index is 2.34. The molecule has 0 saturated heterocycles. The van der Waals surface area contributed by atoms with Gasteiger partial charge in [-0.3, -0.25) is 0 Å². The maximum Gasteiger partial charge on any atom is -0.0227 e. The van der Waals surface area contributed by atoms with Crippen LogP contribution < -0.4 is 0 Å². The minimum absolute atomic E-state index is 0.387. The third-order valence-corrected chi connectivity index (χ3v) is 2.46. The first kappa shape index (κ1) is 11.3. The molecule has 78 valence electrons. The molecule has 0 unspecified atom stereocenters. The standard InChI is InChI=1S/C14H22/c1-6-12-8-7-11(2)9-13(12)10-14(3,4)5/h7-9H,6,10H2,1-5H3. The fraction of sp³-hybridized carbons (Fsp3) is 0.571. The molecule has 0 radical (unpaired) electrons. The predicted molar refractivity (Wildman–Crippen MR) is 63.7 cm³/mol. The van der Waals surface area contributed by atoms with Crippen LogP contribution in [0.3, 0.4) is 0 Å². The highest BCUT2D eigenvalue weighted by Gasteiger charge is 2.13. The van der Waals surface area contributed by atoms with Crippen molar-refractivity contribution in [2.45, 2.75) is 47.5 Å². The zero-order chi connectivity index (χ0) is 10.8. The molecule has 0 spiro atoms. The van der Waals surface area contributed by atoms with Crippen LogP contribution in [-0.4, -0.2) is 0 Å². The number of aryl methyl sites for hydroxylation is 2. The molecule has 0 atom stereocenters. The average molecular weight is 190 g/mol. The lowest BCUT2D eigenvalue weighted by molar-refractivity contribution is 0.410. The van der Waals surface area contributed by atoms with E-state index in [2.05, 4.69) is 52.8 Å². The summed E-state index contributed by atoms with van der Waals surface area (Å²) in [4.78, 5) is 0. The van der Waals surface area contributed by atoms with Gasteiger partial charge in [0, 0.05) is 0 Å². The van der Waals surface area contributed by atoms with E-state index in [1.807, 2.05) is 0 Å². The Morgan fingerprint density at radius 2 is 1.71 bits per heavy atom. The predicted octanol–water partition coefficient (Wildman–Crippen LogP) is 4.15. The Labute approximate surface area is 88.4 Å². The van der Waals surface area contributed by atoms with E-state index in [4.69, 9.17) is 0 Å². The highest BCUT2D eigenvalue weighted by Crippen LogP contribution is 2.24. The van der Waals surface area contributed by atoms with E-state index in [9.17, 15) is 0 Å². The van der Waals surface area contributed by atoms with Gasteiger partial charge in [0.1, 0.15) is 0 Å². The summed E-state index contributed by atoms with van der Waals surface area (Å²) >= 11 is 0. The molecule has 0 aliphatic carbocycles. The molecule has 0 saturated carbocycles. The molecule has 0 bridgehead atoms. The van der Waals surface area contributed by atoms with Crippen molar-refractivity contribution in [1.29, 1.82) is 0 Å². The van der Waals surface area contributed by atoms with Crippen LogP contribution in [-0.2, 0) is 12.8 Å². The molecule has 0 heterocycles. The lowest BCUT2D eigenvalue weighted by Gasteiger charge is -2.20. The molecule has 0 amide bonds. The van der Waals surface area contributed by atoms with Gasteiger partial charge in [-0.2, -0.15) is 0 Å². The molecule has 14 heavy (non-hydrogen) atoms. The fourth-order valence-electron chi connectivity index (χ4n) is 1.84. The molecular weight excluding hydrogens is 168 g/mol. The van der Waals surface area contributed by atoms with Crippen molar-refractivity contribution in [1.82, 2.24) is 0 Å². The van der Waals surface area contributed by atoms with Gasteiger partial charge in [-0.25, -0.2) is 0 Å². The summed E-state index contributed by atoms with van der Waals surface area (Å²) in [6.07, 6.45) is 2.32. The number of hydrogen-bond acceptors (Lipinski definition) is 0. The van der Waals surface area contributed by atoms with Gasteiger partial charge < -0.3 is 0 Å². The first-order valence-electron chi connectivity index (χ1n) is 5.51. The van der Waals surface area contributed by atoms with Crippen LogP contribution in [0.25, 0.3) is 0 Å². The van der Waals surface area contributed by atoms with Crippen molar-refractivity contribution < 1.29 is 0 Å². The van der Waals surface area contributed by atoms with Gasteiger partial charge in [-0.15, -0.1) is 0 Å². The van der Waals surface area contributed by atoms with Gasteiger partial charge in [0.25, 0.3) is 0 Å². The van der Waals surface area contributed by atoms with Crippen LogP contribution >= 0.6 is 0 Å². The van der Waals surface area contributed by atoms with Crippen LogP contribution in [0.2, 0.25) is 0 Å². The molecule has 0 aliphatic heterocycles. The largest absolute Gasteiger partial charge is 0.0613 e. The maximum absolute atomic E-state index is 2.34. The second kappa shape index (κ2) is 4.16. The van der Waals surface area contributed by atoms with Gasteiger partial charge >= 0.3 is 0 Å². The first-order chi connectivity index (χ1) is 6.42. The van der Waals surface area contributed by atoms with Crippen molar-refractivity contribution in [3.63, 3.8) is 0 Å². The van der Waals surface area contributed by atoms with E-state index in [0.29, 0.717) is 5.41 Å². The zero-order valence-corrected chi connectivity index (χ0v) is 10.1. The van der Waals surface area contributed by atoms with Crippen LogP contribution in [0.15, 0.2) is 18.2 Å². The van der Waals surface area contributed by atoms with E-state index in [1.54, 1.807) is 0 Å². The van der Waals surface area contributed by atoms with E-state index < -0.39 is 0 Å². The number of rotatable bonds is 2. The zero-order valence-electron chi connectivity index (χ0n) is 10.1. The second-order valence-electron chi connectivity index (χ2n) is 5.36. The minimum Gasteiger partial charge on any atom is -0.0613 e. The summed E-state index contributed by atoms with van der Waals surface area (Å²) in [5, 5.41) is 0. The Balaban J connectivity index is 2.99. The smallest absolute Gasteiger partial charge is 0.0227 e. The molecule has 0 fully saturated rings. The van der Waals surface area contributed by atoms with Crippen molar-refractivity contribution in [3.05, 3.63) is 34.9 Å². The van der Waals surface area contributed by atoms with Crippen molar-refractivity contribution in [2.75, 3.05) is 0 Å². The Morgan fingerprint density at radius 3 is 2.21 bits per heavy atom. The first-order valence-corrected chi connectivity index (χ1v) is 5.51. The molecule has 0 nitrogen and oxygen atoms in total. The minimum atomic E-state index is 0.387. The molecule has 1 aromatic carbocycles. The summed E-state index contributed by atoms with van der Waals surface area (Å²) in [6, 6.07) is 6.82. The lowest BCUT2D eigenvalue weighted by Crippen LogP contribution is -2.11. The molecule has 0 aromatic heterocycles. The summed E-state index contributed by atoms with van der Waals surface area (Å²) in [5.41, 5.74) is 4.80. The third-order valence-electron chi connectivity index (χ3n) is 2.46. The van der Waals surface area contributed by atoms with Crippen molar-refractivity contribution in [2.24, 2.45) is 5.41 Å². The topological polar surface area (TPSA) is 0 Å². The summed E-state index contributed by atoms with van der Waals surface area (Å²) in [7, 11) is 0. The Bertz CT molecular complexity index is 302. The number of hydrogen-bond donors (Lipinski definition) is 0. The SMILES string of the molecule is CCc1ccc(C)cc1CC(C)(C)C. The molecule has 0 N–H and O–H groups in total. The highest BCUT2D eigenvalue weighted by molar-refractivity contribution is 5.32. The summed E-state index contributed by atoms with van der Waals surface area (Å²) < 4.78 is 0. The number of benzene rings is 1. The second-order valence-corrected chi connectivity index (χ2v) is 5.36. The summed E-state index contributed by atoms with van der Waals surface area (Å²) in [6.45, 7) is 11.3. The van der Waals surface area contributed by atoms with E-state index >= 15 is 0 Å². The van der Waals surface area contributed by atoms with Crippen molar-refractivity contribution in [3.8, 4) is 0 Å². The quantitative estimate of drug-likeness (QED) is 0.657. The van der Waals surface area contributed by atoms with E-state index in [1.165, 1.54) is 23.1 Å². The van der Waals surface area contributed by atoms with Gasteiger partial charge in [-0.05, 0) is 36.3 Å². The van der Waals surface area contributed by atoms with E-state index in [-0.39, 0.29) is 0 Å². The van der Waals surface area contributed by atoms with E-state index in [0.717, 1.165) is 6.42 Å². The lowest BCUT2D eigenvalue weighted by atomic mass is 9.85. The Kier molecular flexibility index (Phi) is 3.36. The third kappa shape index (κ3) is 3.17. The van der Waals surface area contributed by atoms with Gasteiger partial charge in [-0.1, -0.05) is 51.5 Å². The molecule has 0 aliphatic rings. The molecule has 1 rings (SSSR count). The normalized spacial score (nSPS) is 11.8. The van der Waals surface area contributed by atoms with Crippen LogP contribution in [0.4, 0.5) is 0 Å². The molecule has 0 heteroatoms. The average Bonchev–Trinajstić information content (AvgIpc) is 2.01. The van der Waals surface area contributed by atoms with Gasteiger partial charge in [0.2, 0.25) is 0 Å². The monoisotopic (exact) mass is 190 g/mol.